The smallest absolute Gasteiger partial charge is 0.336 e. The Bertz CT molecular complexity index is 1230. The number of nitrogens with one attached hydrogen (secondary N) is 2. The van der Waals surface area contributed by atoms with E-state index < -0.39 is 4.92 Å². The largest absolute Gasteiger partial charge is 0.360 e. The van der Waals surface area contributed by atoms with Gasteiger partial charge in [-0.15, -0.1) is 0 Å². The molecule has 2 N–H and O–H groups in total. The standard InChI is InChI=1S/C26H23N5O2/c32-31(33)24-23(17-16-20-10-4-1-5-11-20)29-26(28-19-22-14-8-3-9-15-22)30-25(24)27-18-21-12-6-2-7-13-21/h1-17H,18-19H2,(H2,27,28,29,30). The van der Waals surface area contributed by atoms with Crippen molar-refractivity contribution in [2.75, 3.05) is 10.6 Å². The SMILES string of the molecule is O=[N+]([O-])c1c(C=Cc2ccccc2)nc(NCc2ccccc2)nc1NCc1ccccc1. The average molecular weight is 438 g/mol. The predicted octanol–water partition coefficient (Wildman–Crippen LogP) is 5.78. The Morgan fingerprint density at radius 2 is 1.27 bits per heavy atom. The van der Waals surface area contributed by atoms with Crippen LogP contribution in [-0.2, 0) is 13.1 Å². The maximum absolute atomic E-state index is 12.0. The third-order valence-electron chi connectivity index (χ3n) is 4.92. The summed E-state index contributed by atoms with van der Waals surface area (Å²) in [5.41, 5.74) is 3.03. The first-order valence-corrected chi connectivity index (χ1v) is 10.5. The first kappa shape index (κ1) is 21.7. The zero-order valence-corrected chi connectivity index (χ0v) is 17.9. The molecule has 0 fully saturated rings. The Morgan fingerprint density at radius 3 is 1.85 bits per heavy atom. The second-order valence-electron chi connectivity index (χ2n) is 7.31. The van der Waals surface area contributed by atoms with Gasteiger partial charge in [0.15, 0.2) is 0 Å². The van der Waals surface area contributed by atoms with Crippen molar-refractivity contribution in [2.24, 2.45) is 0 Å². The Labute approximate surface area is 192 Å². The van der Waals surface area contributed by atoms with Gasteiger partial charge in [-0.25, -0.2) is 4.98 Å². The maximum Gasteiger partial charge on any atom is 0.336 e. The molecular weight excluding hydrogens is 414 g/mol. The number of nitro groups is 1. The quantitative estimate of drug-likeness (QED) is 0.255. The molecule has 0 saturated carbocycles. The van der Waals surface area contributed by atoms with E-state index in [-0.39, 0.29) is 17.2 Å². The van der Waals surface area contributed by atoms with E-state index in [9.17, 15) is 10.1 Å². The van der Waals surface area contributed by atoms with Crippen molar-refractivity contribution in [2.45, 2.75) is 13.1 Å². The average Bonchev–Trinajstić information content (AvgIpc) is 2.86. The Hall–Kier alpha value is -4.52. The molecule has 0 radical (unpaired) electrons. The molecule has 0 spiro atoms. The second-order valence-corrected chi connectivity index (χ2v) is 7.31. The molecule has 4 aromatic rings. The van der Waals surface area contributed by atoms with E-state index in [2.05, 4.69) is 20.6 Å². The normalized spacial score (nSPS) is 10.8. The summed E-state index contributed by atoms with van der Waals surface area (Å²) in [7, 11) is 0. The highest BCUT2D eigenvalue weighted by Crippen LogP contribution is 2.29. The third-order valence-corrected chi connectivity index (χ3v) is 4.92. The van der Waals surface area contributed by atoms with Crippen LogP contribution in [0.4, 0.5) is 17.5 Å². The number of hydrogen-bond acceptors (Lipinski definition) is 6. The van der Waals surface area contributed by atoms with Gasteiger partial charge in [0.2, 0.25) is 11.8 Å². The molecule has 7 heteroatoms. The summed E-state index contributed by atoms with van der Waals surface area (Å²) in [4.78, 5) is 20.4. The first-order valence-electron chi connectivity index (χ1n) is 10.5. The molecule has 3 aromatic carbocycles. The molecule has 0 saturated heterocycles. The van der Waals surface area contributed by atoms with Crippen molar-refractivity contribution in [3.63, 3.8) is 0 Å². The fraction of sp³-hybridized carbons (Fsp3) is 0.0769. The highest BCUT2D eigenvalue weighted by molar-refractivity contribution is 5.77. The third kappa shape index (κ3) is 6.01. The van der Waals surface area contributed by atoms with Crippen LogP contribution in [0.5, 0.6) is 0 Å². The lowest BCUT2D eigenvalue weighted by Crippen LogP contribution is -2.11. The molecule has 4 rings (SSSR count). The minimum absolute atomic E-state index is 0.164. The van der Waals surface area contributed by atoms with Crippen molar-refractivity contribution >= 4 is 29.6 Å². The van der Waals surface area contributed by atoms with Crippen LogP contribution in [0.25, 0.3) is 12.2 Å². The van der Waals surface area contributed by atoms with Crippen LogP contribution < -0.4 is 10.6 Å². The van der Waals surface area contributed by atoms with Crippen molar-refractivity contribution in [1.82, 2.24) is 9.97 Å². The van der Waals surface area contributed by atoms with E-state index >= 15 is 0 Å². The van der Waals surface area contributed by atoms with Gasteiger partial charge in [-0.1, -0.05) is 97.1 Å². The molecule has 33 heavy (non-hydrogen) atoms. The monoisotopic (exact) mass is 437 g/mol. The van der Waals surface area contributed by atoms with Crippen molar-refractivity contribution in [1.29, 1.82) is 0 Å². The number of nitrogens with zero attached hydrogens (tertiary/aromatic N) is 3. The Balaban J connectivity index is 1.68. The molecule has 0 bridgehead atoms. The topological polar surface area (TPSA) is 93.0 Å². The maximum atomic E-state index is 12.0. The molecule has 7 nitrogen and oxygen atoms in total. The number of aromatic nitrogens is 2. The lowest BCUT2D eigenvalue weighted by molar-refractivity contribution is -0.384. The van der Waals surface area contributed by atoms with Gasteiger partial charge in [-0.2, -0.15) is 4.98 Å². The number of anilines is 2. The summed E-state index contributed by atoms with van der Waals surface area (Å²) < 4.78 is 0. The molecule has 1 aromatic heterocycles. The fourth-order valence-corrected chi connectivity index (χ4v) is 3.27. The van der Waals surface area contributed by atoms with Crippen molar-refractivity contribution in [3.05, 3.63) is 123 Å². The van der Waals surface area contributed by atoms with Crippen LogP contribution in [0.1, 0.15) is 22.4 Å². The van der Waals surface area contributed by atoms with Crippen LogP contribution in [0.2, 0.25) is 0 Å². The van der Waals surface area contributed by atoms with Crippen LogP contribution in [0.3, 0.4) is 0 Å². The number of rotatable bonds is 9. The van der Waals surface area contributed by atoms with E-state index in [4.69, 9.17) is 0 Å². The van der Waals surface area contributed by atoms with Crippen molar-refractivity contribution in [3.8, 4) is 0 Å². The Kier molecular flexibility index (Phi) is 7.02. The van der Waals surface area contributed by atoms with E-state index in [0.29, 0.717) is 19.0 Å². The molecule has 0 aliphatic rings. The number of hydrogen-bond donors (Lipinski definition) is 2. The molecule has 164 valence electrons. The van der Waals surface area contributed by atoms with E-state index in [1.54, 1.807) is 12.2 Å². The van der Waals surface area contributed by atoms with Gasteiger partial charge >= 0.3 is 5.69 Å². The molecular formula is C26H23N5O2. The van der Waals surface area contributed by atoms with Gasteiger partial charge in [0, 0.05) is 13.1 Å². The summed E-state index contributed by atoms with van der Waals surface area (Å²) in [6, 6.07) is 29.1. The van der Waals surface area contributed by atoms with Crippen LogP contribution in [0.15, 0.2) is 91.0 Å². The highest BCUT2D eigenvalue weighted by atomic mass is 16.6. The molecule has 0 atom stereocenters. The van der Waals surface area contributed by atoms with E-state index in [1.807, 2.05) is 91.0 Å². The van der Waals surface area contributed by atoms with Crippen LogP contribution in [0, 0.1) is 10.1 Å². The van der Waals surface area contributed by atoms with Gasteiger partial charge in [-0.05, 0) is 22.8 Å². The zero-order chi connectivity index (χ0) is 22.9. The van der Waals surface area contributed by atoms with E-state index in [0.717, 1.165) is 16.7 Å². The molecule has 1 heterocycles. The van der Waals surface area contributed by atoms with Gasteiger partial charge in [0.25, 0.3) is 0 Å². The van der Waals surface area contributed by atoms with Crippen LogP contribution in [-0.4, -0.2) is 14.9 Å². The first-order chi connectivity index (χ1) is 16.2. The summed E-state index contributed by atoms with van der Waals surface area (Å²) >= 11 is 0. The molecule has 0 unspecified atom stereocenters. The molecule has 0 aliphatic carbocycles. The van der Waals surface area contributed by atoms with E-state index in [1.165, 1.54) is 0 Å². The highest BCUT2D eigenvalue weighted by Gasteiger charge is 2.23. The molecule has 0 amide bonds. The second kappa shape index (κ2) is 10.7. The van der Waals surface area contributed by atoms with Gasteiger partial charge in [0.05, 0.1) is 4.92 Å². The lowest BCUT2D eigenvalue weighted by atomic mass is 10.2. The van der Waals surface area contributed by atoms with Gasteiger partial charge in [-0.3, -0.25) is 10.1 Å². The minimum atomic E-state index is -0.445. The summed E-state index contributed by atoms with van der Waals surface area (Å²) in [5, 5.41) is 18.3. The molecule has 0 aliphatic heterocycles. The van der Waals surface area contributed by atoms with Gasteiger partial charge in [0.1, 0.15) is 5.69 Å². The lowest BCUT2D eigenvalue weighted by Gasteiger charge is -2.11. The van der Waals surface area contributed by atoms with Crippen LogP contribution >= 0.6 is 0 Å². The Morgan fingerprint density at radius 1 is 0.727 bits per heavy atom. The number of benzene rings is 3. The predicted molar refractivity (Wildman–Crippen MR) is 132 cm³/mol. The fourth-order valence-electron chi connectivity index (χ4n) is 3.27. The minimum Gasteiger partial charge on any atom is -0.360 e. The summed E-state index contributed by atoms with van der Waals surface area (Å²) in [6.45, 7) is 0.900. The summed E-state index contributed by atoms with van der Waals surface area (Å²) in [5.74, 6) is 0.481. The van der Waals surface area contributed by atoms with Crippen molar-refractivity contribution < 1.29 is 4.92 Å². The zero-order valence-electron chi connectivity index (χ0n) is 17.9. The van der Waals surface area contributed by atoms with Gasteiger partial charge < -0.3 is 10.6 Å². The summed E-state index contributed by atoms with van der Waals surface area (Å²) in [6.07, 6.45) is 3.45.